The van der Waals surface area contributed by atoms with E-state index >= 15 is 0 Å². The van der Waals surface area contributed by atoms with Crippen LogP contribution in [0.4, 0.5) is 26.3 Å². The zero-order valence-corrected chi connectivity index (χ0v) is 18.2. The largest absolute Gasteiger partial charge is 0.418 e. The highest BCUT2D eigenvalue weighted by Crippen LogP contribution is 2.36. The number of hydrogen-bond donors (Lipinski definition) is 1. The molecule has 4 nitrogen and oxygen atoms in total. The van der Waals surface area contributed by atoms with Crippen LogP contribution in [0.2, 0.25) is 5.02 Å². The van der Waals surface area contributed by atoms with E-state index in [2.05, 4.69) is 15.3 Å². The Hall–Kier alpha value is -3.66. The van der Waals surface area contributed by atoms with Crippen molar-refractivity contribution in [3.8, 4) is 0 Å². The van der Waals surface area contributed by atoms with Gasteiger partial charge in [0.1, 0.15) is 0 Å². The third-order valence-corrected chi connectivity index (χ3v) is 5.55. The van der Waals surface area contributed by atoms with Crippen molar-refractivity contribution in [2.75, 3.05) is 0 Å². The smallest absolute Gasteiger partial charge is 0.340 e. The molecule has 11 heteroatoms. The number of amides is 1. The standard InChI is InChI=1S/C24H14ClF6N3O/c25-18-9-11-32-19-12-14(5-8-16(18)19)22(35)34-20(13-3-6-15(7-4-13)23(26,27)28)21-17(24(29,30)31)2-1-10-33-21/h1-12,20H,(H,34,35). The topological polar surface area (TPSA) is 54.9 Å². The Balaban J connectivity index is 1.77. The molecule has 180 valence electrons. The van der Waals surface area contributed by atoms with Crippen LogP contribution in [0.15, 0.2) is 73.1 Å². The fourth-order valence-corrected chi connectivity index (χ4v) is 3.75. The number of hydrogen-bond acceptors (Lipinski definition) is 3. The van der Waals surface area contributed by atoms with Gasteiger partial charge in [0.15, 0.2) is 0 Å². The number of fused-ring (bicyclic) bond motifs is 1. The monoisotopic (exact) mass is 509 g/mol. The maximum atomic E-state index is 13.7. The first-order chi connectivity index (χ1) is 16.4. The Labute approximate surface area is 199 Å². The molecule has 0 bridgehead atoms. The molecule has 2 heterocycles. The van der Waals surface area contributed by atoms with Crippen LogP contribution < -0.4 is 5.32 Å². The second-order valence-corrected chi connectivity index (χ2v) is 7.89. The summed E-state index contributed by atoms with van der Waals surface area (Å²) in [5.41, 5.74) is -2.25. The Bertz CT molecular complexity index is 1390. The van der Waals surface area contributed by atoms with Gasteiger partial charge in [-0.15, -0.1) is 0 Å². The Morgan fingerprint density at radius 1 is 0.857 bits per heavy atom. The van der Waals surface area contributed by atoms with Gasteiger partial charge in [0, 0.05) is 23.3 Å². The molecule has 0 aliphatic rings. The van der Waals surface area contributed by atoms with Crippen molar-refractivity contribution in [3.05, 3.63) is 106 Å². The van der Waals surface area contributed by atoms with Crippen LogP contribution in [-0.2, 0) is 12.4 Å². The number of nitrogens with one attached hydrogen (secondary N) is 1. The van der Waals surface area contributed by atoms with Gasteiger partial charge in [0.2, 0.25) is 0 Å². The minimum Gasteiger partial charge on any atom is -0.340 e. The molecule has 1 unspecified atom stereocenters. The van der Waals surface area contributed by atoms with Gasteiger partial charge in [-0.1, -0.05) is 29.8 Å². The molecule has 0 radical (unpaired) electrons. The Kier molecular flexibility index (Phi) is 6.42. The summed E-state index contributed by atoms with van der Waals surface area (Å²) in [6.45, 7) is 0. The molecule has 0 aliphatic carbocycles. The number of aromatic nitrogens is 2. The van der Waals surface area contributed by atoms with Crippen molar-refractivity contribution in [3.63, 3.8) is 0 Å². The number of halogens is 7. The van der Waals surface area contributed by atoms with Gasteiger partial charge in [-0.05, 0) is 48.0 Å². The predicted molar refractivity (Wildman–Crippen MR) is 117 cm³/mol. The van der Waals surface area contributed by atoms with E-state index in [0.717, 1.165) is 42.6 Å². The molecule has 0 saturated carbocycles. The minimum atomic E-state index is -4.82. The lowest BCUT2D eigenvalue weighted by Crippen LogP contribution is -2.31. The highest BCUT2D eigenvalue weighted by atomic mass is 35.5. The fraction of sp³-hybridized carbons (Fsp3) is 0.125. The number of pyridine rings is 2. The van der Waals surface area contributed by atoms with E-state index < -0.39 is 41.1 Å². The van der Waals surface area contributed by atoms with E-state index in [4.69, 9.17) is 11.6 Å². The van der Waals surface area contributed by atoms with Gasteiger partial charge < -0.3 is 5.32 Å². The first-order valence-corrected chi connectivity index (χ1v) is 10.4. The molecule has 4 aromatic rings. The average Bonchev–Trinajstić information content (AvgIpc) is 2.81. The lowest BCUT2D eigenvalue weighted by atomic mass is 9.97. The van der Waals surface area contributed by atoms with Gasteiger partial charge >= 0.3 is 12.4 Å². The van der Waals surface area contributed by atoms with E-state index in [1.807, 2.05) is 0 Å². The van der Waals surface area contributed by atoms with Crippen molar-refractivity contribution in [2.45, 2.75) is 18.4 Å². The molecule has 1 N–H and O–H groups in total. The van der Waals surface area contributed by atoms with Crippen LogP contribution in [0.1, 0.15) is 38.8 Å². The summed E-state index contributed by atoms with van der Waals surface area (Å²) < 4.78 is 80.1. The molecular weight excluding hydrogens is 496 g/mol. The van der Waals surface area contributed by atoms with Crippen LogP contribution in [0, 0.1) is 0 Å². The van der Waals surface area contributed by atoms with Crippen molar-refractivity contribution in [1.29, 1.82) is 0 Å². The molecule has 2 aromatic carbocycles. The maximum absolute atomic E-state index is 13.7. The molecule has 1 amide bonds. The van der Waals surface area contributed by atoms with Gasteiger partial charge in [-0.3, -0.25) is 14.8 Å². The zero-order valence-electron chi connectivity index (χ0n) is 17.5. The quantitative estimate of drug-likeness (QED) is 0.306. The molecule has 0 fully saturated rings. The fourth-order valence-electron chi connectivity index (χ4n) is 3.53. The number of benzene rings is 2. The number of alkyl halides is 6. The summed E-state index contributed by atoms with van der Waals surface area (Å²) in [7, 11) is 0. The lowest BCUT2D eigenvalue weighted by molar-refractivity contribution is -0.139. The molecule has 4 rings (SSSR count). The third kappa shape index (κ3) is 5.22. The van der Waals surface area contributed by atoms with Crippen molar-refractivity contribution >= 4 is 28.4 Å². The SMILES string of the molecule is O=C(NC(c1ccc(C(F)(F)F)cc1)c1ncccc1C(F)(F)F)c1ccc2c(Cl)ccnc2c1. The summed E-state index contributed by atoms with van der Waals surface area (Å²) in [6.07, 6.45) is -6.92. The van der Waals surface area contributed by atoms with E-state index in [0.29, 0.717) is 15.9 Å². The molecule has 0 aliphatic heterocycles. The summed E-state index contributed by atoms with van der Waals surface area (Å²) in [5.74, 6) is -0.780. The van der Waals surface area contributed by atoms with Crippen LogP contribution >= 0.6 is 11.6 Å². The first kappa shape index (κ1) is 24.5. The summed E-state index contributed by atoms with van der Waals surface area (Å²) in [4.78, 5) is 21.0. The summed E-state index contributed by atoms with van der Waals surface area (Å²) in [6, 6.07) is 9.75. The van der Waals surface area contributed by atoms with Gasteiger partial charge in [0.05, 0.1) is 33.4 Å². The van der Waals surface area contributed by atoms with Crippen molar-refractivity contribution in [2.24, 2.45) is 0 Å². The predicted octanol–water partition coefficient (Wildman–Crippen LogP) is 6.84. The molecule has 1 atom stereocenters. The second-order valence-electron chi connectivity index (χ2n) is 7.48. The Morgan fingerprint density at radius 2 is 1.57 bits per heavy atom. The zero-order chi connectivity index (χ0) is 25.4. The molecule has 2 aromatic heterocycles. The molecule has 35 heavy (non-hydrogen) atoms. The van der Waals surface area contributed by atoms with Gasteiger partial charge in [0.25, 0.3) is 5.91 Å². The number of carbonyl (C=O) groups is 1. The average molecular weight is 510 g/mol. The lowest BCUT2D eigenvalue weighted by Gasteiger charge is -2.23. The number of rotatable bonds is 4. The van der Waals surface area contributed by atoms with Crippen LogP contribution in [0.3, 0.4) is 0 Å². The molecular formula is C24H14ClF6N3O. The third-order valence-electron chi connectivity index (χ3n) is 5.22. The number of carbonyl (C=O) groups excluding carboxylic acids is 1. The van der Waals surface area contributed by atoms with E-state index in [-0.39, 0.29) is 11.1 Å². The summed E-state index contributed by atoms with van der Waals surface area (Å²) >= 11 is 6.10. The highest BCUT2D eigenvalue weighted by Gasteiger charge is 2.37. The Morgan fingerprint density at radius 3 is 2.23 bits per heavy atom. The van der Waals surface area contributed by atoms with Crippen LogP contribution in [0.5, 0.6) is 0 Å². The molecule has 0 saturated heterocycles. The van der Waals surface area contributed by atoms with Crippen molar-refractivity contribution < 1.29 is 31.1 Å². The highest BCUT2D eigenvalue weighted by molar-refractivity contribution is 6.35. The van der Waals surface area contributed by atoms with Crippen molar-refractivity contribution in [1.82, 2.24) is 15.3 Å². The first-order valence-electron chi connectivity index (χ1n) is 9.99. The van der Waals surface area contributed by atoms with Crippen LogP contribution in [-0.4, -0.2) is 15.9 Å². The minimum absolute atomic E-state index is 0.0162. The molecule has 0 spiro atoms. The van der Waals surface area contributed by atoms with Crippen LogP contribution in [0.25, 0.3) is 10.9 Å². The van der Waals surface area contributed by atoms with Gasteiger partial charge in [-0.25, -0.2) is 0 Å². The summed E-state index contributed by atoms with van der Waals surface area (Å²) in [5, 5.41) is 3.43. The normalized spacial score (nSPS) is 13.0. The van der Waals surface area contributed by atoms with E-state index in [1.54, 1.807) is 6.07 Å². The van der Waals surface area contributed by atoms with E-state index in [1.165, 1.54) is 24.4 Å². The van der Waals surface area contributed by atoms with E-state index in [9.17, 15) is 31.1 Å². The van der Waals surface area contributed by atoms with Gasteiger partial charge in [-0.2, -0.15) is 26.3 Å². The maximum Gasteiger partial charge on any atom is 0.418 e. The number of nitrogens with zero attached hydrogens (tertiary/aromatic N) is 2. The second kappa shape index (κ2) is 9.18.